The summed E-state index contributed by atoms with van der Waals surface area (Å²) in [6, 6.07) is 3.49. The molecule has 0 bridgehead atoms. The highest BCUT2D eigenvalue weighted by Gasteiger charge is 2.41. The lowest BCUT2D eigenvalue weighted by molar-refractivity contribution is 0.0943. The first-order chi connectivity index (χ1) is 8.69. The largest absolute Gasteiger partial charge is 0.351 e. The summed E-state index contributed by atoms with van der Waals surface area (Å²) in [6.07, 6.45) is 6.51. The van der Waals surface area contributed by atoms with Crippen LogP contribution in [0.15, 0.2) is 18.3 Å². The lowest BCUT2D eigenvalue weighted by atomic mass is 10.0. The van der Waals surface area contributed by atoms with Crippen molar-refractivity contribution in [2.45, 2.75) is 39.2 Å². The van der Waals surface area contributed by atoms with Gasteiger partial charge in [0.25, 0.3) is 5.91 Å². The number of nitrogens with two attached hydrogens (primary N) is 1. The van der Waals surface area contributed by atoms with E-state index in [9.17, 15) is 4.79 Å². The average Bonchev–Trinajstić information content (AvgIpc) is 3.17. The molecule has 1 aliphatic rings. The van der Waals surface area contributed by atoms with Gasteiger partial charge >= 0.3 is 0 Å². The Kier molecular flexibility index (Phi) is 3.97. The minimum Gasteiger partial charge on any atom is -0.351 e. The van der Waals surface area contributed by atoms with Crippen LogP contribution >= 0.6 is 0 Å². The zero-order chi connectivity index (χ0) is 13.0. The van der Waals surface area contributed by atoms with E-state index >= 15 is 0 Å². The van der Waals surface area contributed by atoms with Gasteiger partial charge in [0.2, 0.25) is 0 Å². The Morgan fingerprint density at radius 2 is 2.33 bits per heavy atom. The molecule has 0 unspecified atom stereocenters. The Hall–Kier alpha value is -1.42. The molecular formula is C14H21N3O. The van der Waals surface area contributed by atoms with E-state index < -0.39 is 0 Å². The SMILES string of the molecule is CCCC1(CNC(=O)c2ccnc(CN)c2)CC1. The summed E-state index contributed by atoms with van der Waals surface area (Å²) in [4.78, 5) is 16.1. The average molecular weight is 247 g/mol. The minimum atomic E-state index is -0.0190. The summed E-state index contributed by atoms with van der Waals surface area (Å²) in [5, 5.41) is 3.03. The first-order valence-electron chi connectivity index (χ1n) is 6.62. The van der Waals surface area contributed by atoms with Gasteiger partial charge in [0.05, 0.1) is 5.69 Å². The number of rotatable bonds is 6. The maximum atomic E-state index is 12.0. The second-order valence-electron chi connectivity index (χ2n) is 5.17. The molecule has 1 heterocycles. The fourth-order valence-corrected chi connectivity index (χ4v) is 2.32. The Balaban J connectivity index is 1.91. The molecule has 1 saturated carbocycles. The smallest absolute Gasteiger partial charge is 0.251 e. The van der Waals surface area contributed by atoms with Crippen LogP contribution in [0.3, 0.4) is 0 Å². The molecule has 1 amide bonds. The molecule has 3 N–H and O–H groups in total. The number of carbonyl (C=O) groups is 1. The molecule has 1 aromatic rings. The summed E-state index contributed by atoms with van der Waals surface area (Å²) >= 11 is 0. The Morgan fingerprint density at radius 1 is 1.56 bits per heavy atom. The van der Waals surface area contributed by atoms with Crippen LogP contribution < -0.4 is 11.1 Å². The maximum Gasteiger partial charge on any atom is 0.251 e. The van der Waals surface area contributed by atoms with Gasteiger partial charge in [-0.2, -0.15) is 0 Å². The monoisotopic (exact) mass is 247 g/mol. The second-order valence-corrected chi connectivity index (χ2v) is 5.17. The fraction of sp³-hybridized carbons (Fsp3) is 0.571. The lowest BCUT2D eigenvalue weighted by Crippen LogP contribution is -2.30. The first kappa shape index (κ1) is 13.0. The standard InChI is InChI=1S/C14H21N3O/c1-2-4-14(5-6-14)10-17-13(18)11-3-7-16-12(8-11)9-15/h3,7-8H,2,4-6,9-10,15H2,1H3,(H,17,18). The molecule has 4 nitrogen and oxygen atoms in total. The summed E-state index contributed by atoms with van der Waals surface area (Å²) in [5.74, 6) is -0.0190. The van der Waals surface area contributed by atoms with Crippen molar-refractivity contribution in [3.05, 3.63) is 29.6 Å². The Morgan fingerprint density at radius 3 is 2.94 bits per heavy atom. The predicted molar refractivity (Wildman–Crippen MR) is 71.0 cm³/mol. The number of nitrogens with one attached hydrogen (secondary N) is 1. The molecule has 2 rings (SSSR count). The van der Waals surface area contributed by atoms with Gasteiger partial charge in [0.15, 0.2) is 0 Å². The zero-order valence-electron chi connectivity index (χ0n) is 10.9. The molecule has 0 atom stereocenters. The number of nitrogens with zero attached hydrogens (tertiary/aromatic N) is 1. The number of amides is 1. The van der Waals surface area contributed by atoms with Gasteiger partial charge in [-0.15, -0.1) is 0 Å². The fourth-order valence-electron chi connectivity index (χ4n) is 2.32. The summed E-state index contributed by atoms with van der Waals surface area (Å²) in [6.45, 7) is 3.35. The van der Waals surface area contributed by atoms with Gasteiger partial charge in [-0.05, 0) is 36.8 Å². The highest BCUT2D eigenvalue weighted by Crippen LogP contribution is 2.48. The third-order valence-corrected chi connectivity index (χ3v) is 3.65. The molecule has 1 aromatic heterocycles. The van der Waals surface area contributed by atoms with E-state index in [0.717, 1.165) is 12.2 Å². The van der Waals surface area contributed by atoms with E-state index in [4.69, 9.17) is 5.73 Å². The number of pyridine rings is 1. The van der Waals surface area contributed by atoms with Crippen molar-refractivity contribution in [1.29, 1.82) is 0 Å². The topological polar surface area (TPSA) is 68.0 Å². The van der Waals surface area contributed by atoms with E-state index in [-0.39, 0.29) is 5.91 Å². The number of aromatic nitrogens is 1. The molecule has 0 saturated heterocycles. The van der Waals surface area contributed by atoms with E-state index in [1.54, 1.807) is 18.3 Å². The molecule has 98 valence electrons. The quantitative estimate of drug-likeness (QED) is 0.806. The van der Waals surface area contributed by atoms with Crippen molar-refractivity contribution in [2.24, 2.45) is 11.1 Å². The normalized spacial score (nSPS) is 16.3. The van der Waals surface area contributed by atoms with Crippen LogP contribution in [0.5, 0.6) is 0 Å². The van der Waals surface area contributed by atoms with Crippen LogP contribution in [0.25, 0.3) is 0 Å². The molecule has 0 spiro atoms. The van der Waals surface area contributed by atoms with E-state index in [1.165, 1.54) is 25.7 Å². The number of carbonyl (C=O) groups excluding carboxylic acids is 1. The van der Waals surface area contributed by atoms with Crippen LogP contribution in [0.2, 0.25) is 0 Å². The Labute approximate surface area is 108 Å². The number of hydrogen-bond acceptors (Lipinski definition) is 3. The predicted octanol–water partition coefficient (Wildman–Crippen LogP) is 1.85. The third kappa shape index (κ3) is 3.07. The van der Waals surface area contributed by atoms with Crippen molar-refractivity contribution in [3.63, 3.8) is 0 Å². The van der Waals surface area contributed by atoms with Crippen molar-refractivity contribution in [3.8, 4) is 0 Å². The van der Waals surface area contributed by atoms with Crippen molar-refractivity contribution in [1.82, 2.24) is 10.3 Å². The van der Waals surface area contributed by atoms with E-state index in [0.29, 0.717) is 17.5 Å². The van der Waals surface area contributed by atoms with Crippen LogP contribution in [0.4, 0.5) is 0 Å². The maximum absolute atomic E-state index is 12.0. The van der Waals surface area contributed by atoms with Crippen LogP contribution in [-0.4, -0.2) is 17.4 Å². The Bertz CT molecular complexity index is 427. The third-order valence-electron chi connectivity index (χ3n) is 3.65. The second kappa shape index (κ2) is 5.48. The molecule has 0 aromatic carbocycles. The van der Waals surface area contributed by atoms with Crippen molar-refractivity contribution >= 4 is 5.91 Å². The van der Waals surface area contributed by atoms with Gasteiger partial charge in [-0.3, -0.25) is 9.78 Å². The molecule has 0 aliphatic heterocycles. The lowest BCUT2D eigenvalue weighted by Gasteiger charge is -2.15. The van der Waals surface area contributed by atoms with E-state index in [1.807, 2.05) is 0 Å². The van der Waals surface area contributed by atoms with Crippen LogP contribution in [0, 0.1) is 5.41 Å². The molecule has 0 radical (unpaired) electrons. The highest BCUT2D eigenvalue weighted by molar-refractivity contribution is 5.94. The van der Waals surface area contributed by atoms with Gasteiger partial charge in [0, 0.05) is 24.8 Å². The summed E-state index contributed by atoms with van der Waals surface area (Å²) < 4.78 is 0. The van der Waals surface area contributed by atoms with Crippen molar-refractivity contribution < 1.29 is 4.79 Å². The molecule has 18 heavy (non-hydrogen) atoms. The molecule has 1 aliphatic carbocycles. The summed E-state index contributed by atoms with van der Waals surface area (Å²) in [7, 11) is 0. The highest BCUT2D eigenvalue weighted by atomic mass is 16.1. The summed E-state index contributed by atoms with van der Waals surface area (Å²) in [5.41, 5.74) is 7.30. The van der Waals surface area contributed by atoms with Gasteiger partial charge in [-0.25, -0.2) is 0 Å². The van der Waals surface area contributed by atoms with Crippen LogP contribution in [-0.2, 0) is 6.54 Å². The zero-order valence-corrected chi connectivity index (χ0v) is 10.9. The molecular weight excluding hydrogens is 226 g/mol. The first-order valence-corrected chi connectivity index (χ1v) is 6.62. The van der Waals surface area contributed by atoms with Gasteiger partial charge in [-0.1, -0.05) is 13.3 Å². The van der Waals surface area contributed by atoms with Crippen LogP contribution in [0.1, 0.15) is 48.7 Å². The molecule has 4 heteroatoms. The van der Waals surface area contributed by atoms with Gasteiger partial charge < -0.3 is 11.1 Å². The molecule has 1 fully saturated rings. The number of hydrogen-bond donors (Lipinski definition) is 2. The minimum absolute atomic E-state index is 0.0190. The van der Waals surface area contributed by atoms with Gasteiger partial charge in [0.1, 0.15) is 0 Å². The van der Waals surface area contributed by atoms with E-state index in [2.05, 4.69) is 17.2 Å². The van der Waals surface area contributed by atoms with Crippen molar-refractivity contribution in [2.75, 3.05) is 6.54 Å².